The predicted molar refractivity (Wildman–Crippen MR) is 139 cm³/mol. The molecule has 1 aliphatic heterocycles. The summed E-state index contributed by atoms with van der Waals surface area (Å²) in [4.78, 5) is 25.3. The average Bonchev–Trinajstić information content (AvgIpc) is 3.11. The molecule has 33 heavy (non-hydrogen) atoms. The summed E-state index contributed by atoms with van der Waals surface area (Å²) in [5.41, 5.74) is 2.15. The topological polar surface area (TPSA) is 37.4 Å². The van der Waals surface area contributed by atoms with Gasteiger partial charge in [0.2, 0.25) is 12.3 Å². The molecule has 2 aromatic rings. The molecule has 1 aliphatic carbocycles. The van der Waals surface area contributed by atoms with Gasteiger partial charge in [-0.05, 0) is 71.9 Å². The molecule has 1 saturated heterocycles. The third-order valence-electron chi connectivity index (χ3n) is 5.95. The van der Waals surface area contributed by atoms with Crippen LogP contribution < -0.4 is 0 Å². The third-order valence-corrected chi connectivity index (χ3v) is 6.77. The number of likely N-dealkylation sites (tertiary alicyclic amines) is 1. The smallest absolute Gasteiger partial charge is 0.232 e. The largest absolute Gasteiger partial charge is 0.285 e. The fourth-order valence-electron chi connectivity index (χ4n) is 4.79. The number of benzene rings is 2. The van der Waals surface area contributed by atoms with Crippen molar-refractivity contribution >= 4 is 47.1 Å². The summed E-state index contributed by atoms with van der Waals surface area (Å²) in [5, 5.41) is 1.91. The van der Waals surface area contributed by atoms with E-state index in [2.05, 4.69) is 20.8 Å². The second-order valence-electron chi connectivity index (χ2n) is 9.03. The first-order valence-electron chi connectivity index (χ1n) is 11.7. The Balaban J connectivity index is 0.000000582. The van der Waals surface area contributed by atoms with E-state index in [4.69, 9.17) is 34.8 Å². The number of carbonyl (C=O) groups excluding carboxylic acids is 2. The van der Waals surface area contributed by atoms with E-state index in [-0.39, 0.29) is 29.6 Å². The van der Waals surface area contributed by atoms with E-state index < -0.39 is 0 Å². The van der Waals surface area contributed by atoms with Crippen molar-refractivity contribution in [3.05, 3.63) is 68.7 Å². The van der Waals surface area contributed by atoms with Gasteiger partial charge in [-0.15, -0.1) is 0 Å². The minimum atomic E-state index is -0.127. The second kappa shape index (κ2) is 12.8. The molecule has 2 aromatic carbocycles. The van der Waals surface area contributed by atoms with Gasteiger partial charge in [-0.2, -0.15) is 0 Å². The van der Waals surface area contributed by atoms with Crippen LogP contribution in [0.25, 0.3) is 0 Å². The summed E-state index contributed by atoms with van der Waals surface area (Å²) in [6.07, 6.45) is 2.24. The quantitative estimate of drug-likeness (QED) is 0.390. The summed E-state index contributed by atoms with van der Waals surface area (Å²) >= 11 is 18.7. The molecule has 0 aromatic heterocycles. The Labute approximate surface area is 213 Å². The van der Waals surface area contributed by atoms with Crippen molar-refractivity contribution in [3.63, 3.8) is 0 Å². The van der Waals surface area contributed by atoms with Crippen LogP contribution in [0.3, 0.4) is 0 Å². The number of imide groups is 1. The lowest BCUT2D eigenvalue weighted by Crippen LogP contribution is -2.32. The molecule has 4 atom stereocenters. The first kappa shape index (κ1) is 27.7. The van der Waals surface area contributed by atoms with Gasteiger partial charge in [0.1, 0.15) is 0 Å². The van der Waals surface area contributed by atoms with Crippen LogP contribution in [0.4, 0.5) is 0 Å². The van der Waals surface area contributed by atoms with Crippen LogP contribution >= 0.6 is 34.8 Å². The van der Waals surface area contributed by atoms with Gasteiger partial charge >= 0.3 is 0 Å². The van der Waals surface area contributed by atoms with Crippen molar-refractivity contribution in [2.24, 2.45) is 17.8 Å². The Morgan fingerprint density at radius 3 is 2.00 bits per heavy atom. The zero-order valence-corrected chi connectivity index (χ0v) is 22.3. The number of halogens is 3. The summed E-state index contributed by atoms with van der Waals surface area (Å²) in [5.74, 6) is 0.937. The average molecular weight is 511 g/mol. The van der Waals surface area contributed by atoms with Crippen LogP contribution in [0.1, 0.15) is 70.4 Å². The van der Waals surface area contributed by atoms with Gasteiger partial charge in [-0.1, -0.05) is 87.6 Å². The molecule has 1 saturated carbocycles. The highest BCUT2D eigenvalue weighted by molar-refractivity contribution is 6.35. The number of nitrogens with zero attached hydrogens (tertiary/aromatic N) is 1. The Morgan fingerprint density at radius 2 is 1.45 bits per heavy atom. The molecule has 0 N–H and O–H groups in total. The standard InChI is InChI=1S/C21H18Cl3NO2.C4H10.C2H6/c22-13-3-1-12(2-4-13)20-16(15-6-5-14(23)9-19(15)24)7-8-17-18(20)10-25(11-26)21(17)27;1-4(2)3;1-2/h1-6,9,11,16-18,20H,7-8,10H2;4H,1-3H3;1-2H3. The maximum atomic E-state index is 12.6. The first-order valence-corrected chi connectivity index (χ1v) is 12.8. The molecule has 0 radical (unpaired) electrons. The van der Waals surface area contributed by atoms with Crippen molar-refractivity contribution < 1.29 is 9.59 Å². The van der Waals surface area contributed by atoms with Crippen LogP contribution in [0.15, 0.2) is 42.5 Å². The van der Waals surface area contributed by atoms with E-state index >= 15 is 0 Å². The van der Waals surface area contributed by atoms with Gasteiger partial charge < -0.3 is 0 Å². The molecule has 6 heteroatoms. The van der Waals surface area contributed by atoms with Gasteiger partial charge in [0, 0.05) is 27.5 Å². The van der Waals surface area contributed by atoms with Crippen molar-refractivity contribution in [2.45, 2.75) is 59.3 Å². The monoisotopic (exact) mass is 509 g/mol. The lowest BCUT2D eigenvalue weighted by molar-refractivity contribution is -0.137. The highest BCUT2D eigenvalue weighted by Crippen LogP contribution is 2.53. The summed E-state index contributed by atoms with van der Waals surface area (Å²) < 4.78 is 0. The van der Waals surface area contributed by atoms with Crippen LogP contribution in [0, 0.1) is 17.8 Å². The van der Waals surface area contributed by atoms with Gasteiger partial charge in [-0.25, -0.2) is 0 Å². The maximum absolute atomic E-state index is 12.6. The molecule has 0 spiro atoms. The summed E-state index contributed by atoms with van der Waals surface area (Å²) in [7, 11) is 0. The van der Waals surface area contributed by atoms with E-state index in [0.29, 0.717) is 28.0 Å². The van der Waals surface area contributed by atoms with Gasteiger partial charge in [0.25, 0.3) is 0 Å². The van der Waals surface area contributed by atoms with Crippen molar-refractivity contribution in [3.8, 4) is 0 Å². The Morgan fingerprint density at radius 1 is 0.909 bits per heavy atom. The highest BCUT2D eigenvalue weighted by Gasteiger charge is 2.50. The number of amides is 2. The lowest BCUT2D eigenvalue weighted by Gasteiger charge is -2.39. The fraction of sp³-hybridized carbons (Fsp3) is 0.481. The number of hydrogen-bond acceptors (Lipinski definition) is 2. The minimum absolute atomic E-state index is 0.0605. The molecule has 180 valence electrons. The number of fused-ring (bicyclic) bond motifs is 1. The van der Waals surface area contributed by atoms with Gasteiger partial charge in [0.05, 0.1) is 0 Å². The van der Waals surface area contributed by atoms with E-state index in [9.17, 15) is 9.59 Å². The molecular formula is C27H34Cl3NO2. The molecule has 4 rings (SSSR count). The maximum Gasteiger partial charge on any atom is 0.232 e. The zero-order chi connectivity index (χ0) is 24.7. The third kappa shape index (κ3) is 6.74. The molecule has 2 fully saturated rings. The van der Waals surface area contributed by atoms with Crippen LogP contribution in [-0.2, 0) is 9.59 Å². The van der Waals surface area contributed by atoms with Crippen molar-refractivity contribution in [1.82, 2.24) is 4.90 Å². The first-order chi connectivity index (χ1) is 15.7. The molecule has 2 aliphatic rings. The van der Waals surface area contributed by atoms with E-state index in [1.807, 2.05) is 50.2 Å². The highest BCUT2D eigenvalue weighted by atomic mass is 35.5. The van der Waals surface area contributed by atoms with Crippen LogP contribution in [0.5, 0.6) is 0 Å². The normalized spacial score (nSPS) is 23.8. The van der Waals surface area contributed by atoms with Crippen molar-refractivity contribution in [2.75, 3.05) is 6.54 Å². The minimum Gasteiger partial charge on any atom is -0.285 e. The molecule has 4 unspecified atom stereocenters. The van der Waals surface area contributed by atoms with Crippen molar-refractivity contribution in [1.29, 1.82) is 0 Å². The number of rotatable bonds is 3. The SMILES string of the molecule is CC.CC(C)C.O=CN1CC2C(CCC(c3ccc(Cl)cc3Cl)C2c2ccc(Cl)cc2)C1=O. The molecule has 3 nitrogen and oxygen atoms in total. The van der Waals surface area contributed by atoms with Crippen LogP contribution in [0.2, 0.25) is 15.1 Å². The van der Waals surface area contributed by atoms with E-state index in [1.165, 1.54) is 4.90 Å². The summed E-state index contributed by atoms with van der Waals surface area (Å²) in [6.45, 7) is 10.9. The van der Waals surface area contributed by atoms with Gasteiger partial charge in [0.15, 0.2) is 0 Å². The molecule has 2 amide bonds. The second-order valence-corrected chi connectivity index (χ2v) is 10.3. The zero-order valence-electron chi connectivity index (χ0n) is 20.0. The van der Waals surface area contributed by atoms with E-state index in [0.717, 1.165) is 29.9 Å². The predicted octanol–water partition coefficient (Wildman–Crippen LogP) is 8.23. The molecular weight excluding hydrogens is 477 g/mol. The lowest BCUT2D eigenvalue weighted by atomic mass is 9.63. The molecule has 0 bridgehead atoms. The summed E-state index contributed by atoms with van der Waals surface area (Å²) in [6, 6.07) is 13.4. The Hall–Kier alpha value is -1.55. The number of carbonyl (C=O) groups is 2. The number of hydrogen-bond donors (Lipinski definition) is 0. The fourth-order valence-corrected chi connectivity index (χ4v) is 5.46. The van der Waals surface area contributed by atoms with E-state index in [1.54, 1.807) is 6.07 Å². The van der Waals surface area contributed by atoms with Gasteiger partial charge in [-0.3, -0.25) is 14.5 Å². The molecule has 1 heterocycles. The Kier molecular flexibility index (Phi) is 10.7. The van der Waals surface area contributed by atoms with Crippen LogP contribution in [-0.4, -0.2) is 23.8 Å². The Bertz CT molecular complexity index is 927.